The molecule has 0 radical (unpaired) electrons. The van der Waals surface area contributed by atoms with Crippen LogP contribution in [0.5, 0.6) is 0 Å². The van der Waals surface area contributed by atoms with Crippen LogP contribution in [0.1, 0.15) is 38.6 Å². The number of esters is 1. The third-order valence-corrected chi connectivity index (χ3v) is 7.04. The number of ether oxygens (including phenoxy) is 1. The molecule has 1 aromatic heterocycles. The Morgan fingerprint density at radius 2 is 1.67 bits per heavy atom. The van der Waals surface area contributed by atoms with E-state index in [1.807, 2.05) is 6.92 Å². The molecule has 0 fully saturated rings. The van der Waals surface area contributed by atoms with Crippen LogP contribution >= 0.6 is 0 Å². The standard InChI is InChI=1S/C23H22F3NO5S/c1-14-10-15(2)21(16(3)11-14)33(29,30)27(13-19-8-9-20(32-19)22(28)31-4)18-7-5-6-17(12-18)23(24,25)26/h5-12H,13H2,1-4H3. The van der Waals surface area contributed by atoms with Crippen molar-refractivity contribution in [3.05, 3.63) is 82.3 Å². The van der Waals surface area contributed by atoms with E-state index in [0.29, 0.717) is 11.1 Å². The van der Waals surface area contributed by atoms with E-state index in [1.54, 1.807) is 26.0 Å². The molecule has 0 amide bonds. The number of nitrogens with zero attached hydrogens (tertiary/aromatic N) is 1. The number of hydrogen-bond donors (Lipinski definition) is 0. The van der Waals surface area contributed by atoms with E-state index < -0.39 is 34.3 Å². The van der Waals surface area contributed by atoms with Crippen LogP contribution in [0.15, 0.2) is 57.8 Å². The molecule has 0 aliphatic carbocycles. The largest absolute Gasteiger partial charge is 0.463 e. The molecule has 10 heteroatoms. The van der Waals surface area contributed by atoms with Gasteiger partial charge in [0, 0.05) is 0 Å². The zero-order valence-corrected chi connectivity index (χ0v) is 19.2. The third kappa shape index (κ3) is 5.05. The number of carbonyl (C=O) groups excluding carboxylic acids is 1. The highest BCUT2D eigenvalue weighted by atomic mass is 32.2. The van der Waals surface area contributed by atoms with Gasteiger partial charge in [0.15, 0.2) is 0 Å². The van der Waals surface area contributed by atoms with E-state index in [2.05, 4.69) is 4.74 Å². The lowest BCUT2D eigenvalue weighted by Crippen LogP contribution is -2.32. The maximum Gasteiger partial charge on any atom is 0.416 e. The zero-order chi connectivity index (χ0) is 24.6. The van der Waals surface area contributed by atoms with Gasteiger partial charge in [0.1, 0.15) is 5.76 Å². The number of hydrogen-bond acceptors (Lipinski definition) is 5. The molecular weight excluding hydrogens is 459 g/mol. The van der Waals surface area contributed by atoms with Crippen LogP contribution in [0.3, 0.4) is 0 Å². The SMILES string of the molecule is COC(=O)c1ccc(CN(c2cccc(C(F)(F)F)c2)S(=O)(=O)c2c(C)cc(C)cc2C)o1. The molecular formula is C23H22F3NO5S. The number of halogens is 3. The highest BCUT2D eigenvalue weighted by Crippen LogP contribution is 2.35. The third-order valence-electron chi connectivity index (χ3n) is 4.96. The van der Waals surface area contributed by atoms with E-state index >= 15 is 0 Å². The van der Waals surface area contributed by atoms with Gasteiger partial charge in [0.2, 0.25) is 5.76 Å². The van der Waals surface area contributed by atoms with Crippen molar-refractivity contribution in [3.63, 3.8) is 0 Å². The van der Waals surface area contributed by atoms with Crippen molar-refractivity contribution >= 4 is 21.7 Å². The van der Waals surface area contributed by atoms with Gasteiger partial charge in [-0.2, -0.15) is 13.2 Å². The highest BCUT2D eigenvalue weighted by Gasteiger charge is 2.34. The summed E-state index contributed by atoms with van der Waals surface area (Å²) in [5.74, 6) is -0.865. The van der Waals surface area contributed by atoms with E-state index in [4.69, 9.17) is 4.42 Å². The summed E-state index contributed by atoms with van der Waals surface area (Å²) in [7, 11) is -3.16. The fourth-order valence-electron chi connectivity index (χ4n) is 3.65. The van der Waals surface area contributed by atoms with Gasteiger partial charge in [-0.3, -0.25) is 4.31 Å². The maximum absolute atomic E-state index is 13.8. The summed E-state index contributed by atoms with van der Waals surface area (Å²) in [4.78, 5) is 11.7. The number of furan rings is 1. The minimum absolute atomic E-state index is 0.00902. The molecule has 3 aromatic rings. The Hall–Kier alpha value is -3.27. The summed E-state index contributed by atoms with van der Waals surface area (Å²) in [6.45, 7) is 4.63. The fraction of sp³-hybridized carbons (Fsp3) is 0.261. The van der Waals surface area contributed by atoms with Crippen LogP contribution in [-0.4, -0.2) is 21.5 Å². The predicted molar refractivity (Wildman–Crippen MR) is 116 cm³/mol. The maximum atomic E-state index is 13.8. The Morgan fingerprint density at radius 1 is 1.03 bits per heavy atom. The first-order valence-corrected chi connectivity index (χ1v) is 11.2. The molecule has 1 heterocycles. The van der Waals surface area contributed by atoms with Crippen molar-refractivity contribution in [2.45, 2.75) is 38.4 Å². The molecule has 3 rings (SSSR count). The van der Waals surface area contributed by atoms with Gasteiger partial charge >= 0.3 is 12.1 Å². The summed E-state index contributed by atoms with van der Waals surface area (Å²) < 4.78 is 78.4. The number of aryl methyl sites for hydroxylation is 3. The number of anilines is 1. The molecule has 6 nitrogen and oxygen atoms in total. The van der Waals surface area contributed by atoms with Crippen LogP contribution in [-0.2, 0) is 27.5 Å². The lowest BCUT2D eigenvalue weighted by molar-refractivity contribution is -0.137. The smallest absolute Gasteiger partial charge is 0.416 e. The van der Waals surface area contributed by atoms with Gasteiger partial charge in [-0.15, -0.1) is 0 Å². The molecule has 0 unspecified atom stereocenters. The topological polar surface area (TPSA) is 76.8 Å². The van der Waals surface area contributed by atoms with Gasteiger partial charge in [-0.25, -0.2) is 13.2 Å². The monoisotopic (exact) mass is 481 g/mol. The van der Waals surface area contributed by atoms with Crippen LogP contribution in [0, 0.1) is 20.8 Å². The highest BCUT2D eigenvalue weighted by molar-refractivity contribution is 7.92. The van der Waals surface area contributed by atoms with Crippen LogP contribution in [0.2, 0.25) is 0 Å². The lowest BCUT2D eigenvalue weighted by atomic mass is 10.1. The Labute approximate surface area is 189 Å². The first-order valence-electron chi connectivity index (χ1n) is 9.79. The van der Waals surface area contributed by atoms with Crippen molar-refractivity contribution in [3.8, 4) is 0 Å². The molecule has 0 N–H and O–H groups in total. The van der Waals surface area contributed by atoms with Crippen LogP contribution < -0.4 is 4.31 Å². The minimum atomic E-state index is -4.66. The van der Waals surface area contributed by atoms with Crippen molar-refractivity contribution in [1.29, 1.82) is 0 Å². The second kappa shape index (κ2) is 8.93. The number of benzene rings is 2. The number of alkyl halides is 3. The molecule has 176 valence electrons. The van der Waals surface area contributed by atoms with Crippen molar-refractivity contribution in [2.75, 3.05) is 11.4 Å². The van der Waals surface area contributed by atoms with Gasteiger partial charge in [0.05, 0.1) is 29.8 Å². The number of methoxy groups -OCH3 is 1. The Balaban J connectivity index is 2.18. The summed E-state index contributed by atoms with van der Waals surface area (Å²) in [5.41, 5.74) is 0.578. The Kier molecular flexibility index (Phi) is 6.60. The molecule has 0 spiro atoms. The number of rotatable bonds is 6. The van der Waals surface area contributed by atoms with Crippen LogP contribution in [0.4, 0.5) is 18.9 Å². The summed E-state index contributed by atoms with van der Waals surface area (Å²) in [6.07, 6.45) is -4.66. The quantitative estimate of drug-likeness (QED) is 0.440. The Bertz CT molecular complexity index is 1270. The van der Waals surface area contributed by atoms with Crippen molar-refractivity contribution < 1.29 is 35.5 Å². The Morgan fingerprint density at radius 3 is 2.24 bits per heavy atom. The molecule has 0 bridgehead atoms. The first kappa shape index (κ1) is 24.4. The van der Waals surface area contributed by atoms with Crippen molar-refractivity contribution in [1.82, 2.24) is 0 Å². The molecule has 0 aliphatic rings. The lowest BCUT2D eigenvalue weighted by Gasteiger charge is -2.26. The minimum Gasteiger partial charge on any atom is -0.463 e. The summed E-state index contributed by atoms with van der Waals surface area (Å²) >= 11 is 0. The summed E-state index contributed by atoms with van der Waals surface area (Å²) in [5, 5.41) is 0. The molecule has 0 aliphatic heterocycles. The summed E-state index contributed by atoms with van der Waals surface area (Å²) in [6, 6.07) is 10.1. The second-order valence-electron chi connectivity index (χ2n) is 7.55. The van der Waals surface area contributed by atoms with Gasteiger partial charge < -0.3 is 9.15 Å². The predicted octanol–water partition coefficient (Wildman–Crippen LogP) is 5.41. The van der Waals surface area contributed by atoms with Gasteiger partial charge in [0.25, 0.3) is 10.0 Å². The van der Waals surface area contributed by atoms with E-state index in [1.165, 1.54) is 18.2 Å². The zero-order valence-electron chi connectivity index (χ0n) is 18.4. The molecule has 2 aromatic carbocycles. The van der Waals surface area contributed by atoms with E-state index in [0.717, 1.165) is 35.2 Å². The van der Waals surface area contributed by atoms with Gasteiger partial charge in [-0.1, -0.05) is 23.8 Å². The van der Waals surface area contributed by atoms with E-state index in [-0.39, 0.29) is 22.1 Å². The fourth-order valence-corrected chi connectivity index (χ4v) is 5.49. The van der Waals surface area contributed by atoms with Crippen LogP contribution in [0.25, 0.3) is 0 Å². The van der Waals surface area contributed by atoms with Gasteiger partial charge in [-0.05, 0) is 62.2 Å². The molecule has 0 atom stereocenters. The number of sulfonamides is 1. The molecule has 33 heavy (non-hydrogen) atoms. The molecule has 0 saturated carbocycles. The first-order chi connectivity index (χ1) is 15.3. The normalized spacial score (nSPS) is 12.0. The molecule has 0 saturated heterocycles. The average Bonchev–Trinajstić information content (AvgIpc) is 3.18. The number of carbonyl (C=O) groups is 1. The van der Waals surface area contributed by atoms with E-state index in [9.17, 15) is 26.4 Å². The second-order valence-corrected chi connectivity index (χ2v) is 9.34. The van der Waals surface area contributed by atoms with Crippen molar-refractivity contribution in [2.24, 2.45) is 0 Å². The average molecular weight is 481 g/mol.